The van der Waals surface area contributed by atoms with E-state index in [1.807, 2.05) is 30.0 Å². The van der Waals surface area contributed by atoms with Crippen LogP contribution in [0.25, 0.3) is 0 Å². The fourth-order valence-electron chi connectivity index (χ4n) is 5.18. The van der Waals surface area contributed by atoms with Gasteiger partial charge in [0.2, 0.25) is 0 Å². The van der Waals surface area contributed by atoms with Crippen molar-refractivity contribution < 1.29 is 14.1 Å². The van der Waals surface area contributed by atoms with Gasteiger partial charge in [-0.05, 0) is 77.4 Å². The maximum absolute atomic E-state index is 13.6. The zero-order valence-electron chi connectivity index (χ0n) is 22.1. The number of urea groups is 1. The van der Waals surface area contributed by atoms with Gasteiger partial charge in [-0.25, -0.2) is 4.79 Å². The summed E-state index contributed by atoms with van der Waals surface area (Å²) in [5.41, 5.74) is 3.11. The van der Waals surface area contributed by atoms with Crippen LogP contribution in [0, 0.1) is 0 Å². The summed E-state index contributed by atoms with van der Waals surface area (Å²) < 4.78 is 12.4. The highest BCUT2D eigenvalue weighted by molar-refractivity contribution is 6.62. The molecule has 0 bridgehead atoms. The fourth-order valence-corrected chi connectivity index (χ4v) is 5.18. The van der Waals surface area contributed by atoms with Gasteiger partial charge in [-0.3, -0.25) is 0 Å². The Hall–Kier alpha value is -2.57. The number of nitrogens with one attached hydrogen (secondary N) is 1. The lowest BCUT2D eigenvalue weighted by molar-refractivity contribution is 0.00578. The predicted octanol–water partition coefficient (Wildman–Crippen LogP) is 5.71. The van der Waals surface area contributed by atoms with Gasteiger partial charge >= 0.3 is 13.1 Å². The topological polar surface area (TPSA) is 50.8 Å². The minimum atomic E-state index is -0.431. The van der Waals surface area contributed by atoms with Crippen molar-refractivity contribution in [1.82, 2.24) is 10.2 Å². The molecule has 1 unspecified atom stereocenters. The highest BCUT2D eigenvalue weighted by atomic mass is 16.7. The van der Waals surface area contributed by atoms with E-state index in [2.05, 4.69) is 82.9 Å². The SMILES string of the molecule is C=C(C)CC1(c2ccccc2)CCCN([C@@H](C)c2ccc(B3OC(C)(C)C(C)(C)O3)cc2)C(=O)N1. The van der Waals surface area contributed by atoms with Crippen LogP contribution in [0.2, 0.25) is 0 Å². The third kappa shape index (κ3) is 5.05. The summed E-state index contributed by atoms with van der Waals surface area (Å²) in [5.74, 6) is 0. The molecule has 0 aliphatic carbocycles. The summed E-state index contributed by atoms with van der Waals surface area (Å²) in [6.45, 7) is 17.2. The van der Waals surface area contributed by atoms with Crippen LogP contribution in [-0.2, 0) is 14.8 Å². The van der Waals surface area contributed by atoms with Crippen LogP contribution in [0.4, 0.5) is 4.79 Å². The van der Waals surface area contributed by atoms with Crippen LogP contribution in [0.5, 0.6) is 0 Å². The molecule has 186 valence electrons. The molecule has 2 atom stereocenters. The van der Waals surface area contributed by atoms with Crippen molar-refractivity contribution >= 4 is 18.6 Å². The summed E-state index contributed by atoms with van der Waals surface area (Å²) in [6, 6.07) is 18.5. The number of nitrogens with zero attached hydrogens (tertiary/aromatic N) is 1. The Labute approximate surface area is 211 Å². The lowest BCUT2D eigenvalue weighted by Gasteiger charge is -2.36. The molecule has 6 heteroatoms. The van der Waals surface area contributed by atoms with Gasteiger partial charge in [0.1, 0.15) is 0 Å². The Morgan fingerprint density at radius 1 is 1.06 bits per heavy atom. The van der Waals surface area contributed by atoms with E-state index in [0.717, 1.165) is 41.4 Å². The molecule has 2 aliphatic heterocycles. The van der Waals surface area contributed by atoms with Gasteiger partial charge < -0.3 is 19.5 Å². The first-order valence-electron chi connectivity index (χ1n) is 12.7. The molecule has 0 radical (unpaired) electrons. The van der Waals surface area contributed by atoms with E-state index < -0.39 is 5.54 Å². The Morgan fingerprint density at radius 3 is 2.23 bits per heavy atom. The molecule has 1 N–H and O–H groups in total. The zero-order chi connectivity index (χ0) is 25.4. The molecule has 0 aromatic heterocycles. The molecule has 2 heterocycles. The zero-order valence-corrected chi connectivity index (χ0v) is 22.1. The van der Waals surface area contributed by atoms with Crippen molar-refractivity contribution in [3.05, 3.63) is 77.9 Å². The number of carbonyl (C=O) groups excluding carboxylic acids is 1. The molecule has 0 saturated carbocycles. The van der Waals surface area contributed by atoms with Crippen LogP contribution < -0.4 is 10.8 Å². The molecule has 2 saturated heterocycles. The van der Waals surface area contributed by atoms with Crippen LogP contribution in [-0.4, -0.2) is 35.8 Å². The smallest absolute Gasteiger partial charge is 0.399 e. The average molecular weight is 474 g/mol. The van der Waals surface area contributed by atoms with Crippen LogP contribution >= 0.6 is 0 Å². The van der Waals surface area contributed by atoms with E-state index in [1.165, 1.54) is 0 Å². The predicted molar refractivity (Wildman–Crippen MR) is 143 cm³/mol. The van der Waals surface area contributed by atoms with Crippen molar-refractivity contribution in [2.75, 3.05) is 6.54 Å². The second-order valence-electron chi connectivity index (χ2n) is 11.2. The minimum Gasteiger partial charge on any atom is -0.399 e. The highest BCUT2D eigenvalue weighted by Gasteiger charge is 2.51. The molecular weight excluding hydrogens is 435 g/mol. The summed E-state index contributed by atoms with van der Waals surface area (Å²) in [5, 5.41) is 3.40. The third-order valence-electron chi connectivity index (χ3n) is 7.95. The van der Waals surface area contributed by atoms with Gasteiger partial charge in [0.25, 0.3) is 0 Å². The maximum atomic E-state index is 13.6. The first-order chi connectivity index (χ1) is 16.4. The number of hydrogen-bond donors (Lipinski definition) is 1. The number of benzene rings is 2. The quantitative estimate of drug-likeness (QED) is 0.431. The second-order valence-corrected chi connectivity index (χ2v) is 11.2. The van der Waals surface area contributed by atoms with E-state index in [1.54, 1.807) is 0 Å². The fraction of sp³-hybridized carbons (Fsp3) is 0.483. The van der Waals surface area contributed by atoms with E-state index in [-0.39, 0.29) is 30.4 Å². The molecule has 35 heavy (non-hydrogen) atoms. The largest absolute Gasteiger partial charge is 0.494 e. The standard InChI is InChI=1S/C29H39BN2O3/c1-21(2)20-29(24-12-9-8-10-13-24)18-11-19-32(26(33)31-29)22(3)23-14-16-25(17-15-23)30-34-27(4,5)28(6,7)35-30/h8-10,12-17,22H,1,11,18-20H2,2-7H3,(H,31,33)/t22-,29?/m0/s1. The van der Waals surface area contributed by atoms with Crippen molar-refractivity contribution in [2.45, 2.75) is 83.6 Å². The Morgan fingerprint density at radius 2 is 1.66 bits per heavy atom. The van der Waals surface area contributed by atoms with Gasteiger partial charge in [-0.15, -0.1) is 6.58 Å². The molecule has 2 aliphatic rings. The van der Waals surface area contributed by atoms with Gasteiger partial charge in [-0.1, -0.05) is 60.2 Å². The molecule has 2 amide bonds. The first kappa shape index (κ1) is 25.5. The second kappa shape index (κ2) is 9.48. The summed E-state index contributed by atoms with van der Waals surface area (Å²) >= 11 is 0. The van der Waals surface area contributed by atoms with Crippen LogP contribution in [0.15, 0.2) is 66.7 Å². The van der Waals surface area contributed by atoms with Crippen LogP contribution in [0.1, 0.15) is 78.0 Å². The van der Waals surface area contributed by atoms with Crippen molar-refractivity contribution in [1.29, 1.82) is 0 Å². The van der Waals surface area contributed by atoms with E-state index in [0.29, 0.717) is 6.54 Å². The number of rotatable bonds is 6. The molecule has 0 spiro atoms. The lowest BCUT2D eigenvalue weighted by Crippen LogP contribution is -2.49. The monoisotopic (exact) mass is 474 g/mol. The highest BCUT2D eigenvalue weighted by Crippen LogP contribution is 2.38. The third-order valence-corrected chi connectivity index (χ3v) is 7.95. The first-order valence-corrected chi connectivity index (χ1v) is 12.7. The summed E-state index contributed by atoms with van der Waals surface area (Å²) in [7, 11) is -0.389. The van der Waals surface area contributed by atoms with Gasteiger partial charge in [0.05, 0.1) is 22.8 Å². The Kier molecular flexibility index (Phi) is 6.91. The molecular formula is C29H39BN2O3. The Balaban J connectivity index is 1.52. The number of amides is 2. The van der Waals surface area contributed by atoms with E-state index in [4.69, 9.17) is 9.31 Å². The number of hydrogen-bond acceptors (Lipinski definition) is 3. The molecule has 2 aromatic rings. The van der Waals surface area contributed by atoms with Crippen molar-refractivity contribution in [2.24, 2.45) is 0 Å². The normalized spacial score (nSPS) is 24.6. The maximum Gasteiger partial charge on any atom is 0.494 e. The summed E-state index contributed by atoms with van der Waals surface area (Å²) in [6.07, 6.45) is 2.52. The van der Waals surface area contributed by atoms with Gasteiger partial charge in [-0.2, -0.15) is 0 Å². The van der Waals surface area contributed by atoms with Gasteiger partial charge in [0.15, 0.2) is 0 Å². The van der Waals surface area contributed by atoms with E-state index >= 15 is 0 Å². The van der Waals surface area contributed by atoms with Gasteiger partial charge in [0, 0.05) is 6.54 Å². The summed E-state index contributed by atoms with van der Waals surface area (Å²) in [4.78, 5) is 15.5. The van der Waals surface area contributed by atoms with Crippen molar-refractivity contribution in [3.8, 4) is 0 Å². The molecule has 2 aromatic carbocycles. The molecule has 2 fully saturated rings. The average Bonchev–Trinajstić information content (AvgIpc) is 2.92. The number of carbonyl (C=O) groups is 1. The lowest BCUT2D eigenvalue weighted by atomic mass is 9.78. The molecule has 5 nitrogen and oxygen atoms in total. The Bertz CT molecular complexity index is 1050. The van der Waals surface area contributed by atoms with Crippen LogP contribution in [0.3, 0.4) is 0 Å². The van der Waals surface area contributed by atoms with Crippen molar-refractivity contribution in [3.63, 3.8) is 0 Å². The minimum absolute atomic E-state index is 0.0323. The molecule has 4 rings (SSSR count). The van der Waals surface area contributed by atoms with E-state index in [9.17, 15) is 4.79 Å².